The van der Waals surface area contributed by atoms with E-state index in [0.717, 1.165) is 16.1 Å². The van der Waals surface area contributed by atoms with Crippen LogP contribution in [0.4, 0.5) is 0 Å². The fourth-order valence-corrected chi connectivity index (χ4v) is 3.25. The number of hydrogen-bond donors (Lipinski definition) is 0. The lowest BCUT2D eigenvalue weighted by Gasteiger charge is -2.19. The molecule has 0 fully saturated rings. The van der Waals surface area contributed by atoms with Gasteiger partial charge in [-0.15, -0.1) is 0 Å². The molecule has 25 heavy (non-hydrogen) atoms. The van der Waals surface area contributed by atoms with E-state index in [9.17, 15) is 0 Å². The smallest absolute Gasteiger partial charge is 0.137 e. The Kier molecular flexibility index (Phi) is 4.32. The van der Waals surface area contributed by atoms with Crippen LogP contribution < -0.4 is 0 Å². The Morgan fingerprint density at radius 1 is 0.760 bits per heavy atom. The summed E-state index contributed by atoms with van der Waals surface area (Å²) in [5.41, 5.74) is 4.49. The third kappa shape index (κ3) is 3.19. The lowest BCUT2D eigenvalue weighted by Crippen LogP contribution is -2.13. The molecule has 122 valence electrons. The van der Waals surface area contributed by atoms with Crippen molar-refractivity contribution in [3.8, 4) is 11.1 Å². The molecule has 0 bridgehead atoms. The van der Waals surface area contributed by atoms with Gasteiger partial charge in [0.1, 0.15) is 18.7 Å². The highest BCUT2D eigenvalue weighted by atomic mass is 35.5. The van der Waals surface area contributed by atoms with E-state index in [2.05, 4.69) is 46.5 Å². The SMILES string of the molecule is Clc1ccccc1C(c1ccc(-c2ccccc2)cc1)n1cncn1. The van der Waals surface area contributed by atoms with Crippen LogP contribution in [-0.2, 0) is 0 Å². The maximum absolute atomic E-state index is 6.45. The molecule has 3 nitrogen and oxygen atoms in total. The summed E-state index contributed by atoms with van der Waals surface area (Å²) in [7, 11) is 0. The minimum absolute atomic E-state index is 0.110. The molecule has 4 aromatic rings. The van der Waals surface area contributed by atoms with Crippen molar-refractivity contribution in [2.45, 2.75) is 6.04 Å². The predicted molar refractivity (Wildman–Crippen MR) is 101 cm³/mol. The van der Waals surface area contributed by atoms with Crippen molar-refractivity contribution in [3.63, 3.8) is 0 Å². The second-order valence-electron chi connectivity index (χ2n) is 5.79. The second-order valence-corrected chi connectivity index (χ2v) is 6.19. The topological polar surface area (TPSA) is 30.7 Å². The molecule has 0 aliphatic carbocycles. The molecule has 0 aliphatic rings. The molecule has 1 aromatic heterocycles. The molecule has 0 saturated heterocycles. The van der Waals surface area contributed by atoms with Crippen LogP contribution in [0.5, 0.6) is 0 Å². The fourth-order valence-electron chi connectivity index (χ4n) is 3.01. The Morgan fingerprint density at radius 2 is 1.44 bits per heavy atom. The van der Waals surface area contributed by atoms with Gasteiger partial charge in [-0.2, -0.15) is 5.10 Å². The van der Waals surface area contributed by atoms with Gasteiger partial charge in [0, 0.05) is 5.02 Å². The van der Waals surface area contributed by atoms with Crippen LogP contribution in [0, 0.1) is 0 Å². The van der Waals surface area contributed by atoms with Gasteiger partial charge < -0.3 is 0 Å². The first-order valence-corrected chi connectivity index (χ1v) is 8.44. The van der Waals surface area contributed by atoms with E-state index >= 15 is 0 Å². The molecule has 0 radical (unpaired) electrons. The van der Waals surface area contributed by atoms with Crippen LogP contribution in [0.25, 0.3) is 11.1 Å². The predicted octanol–water partition coefficient (Wildman–Crippen LogP) is 5.24. The molecule has 1 unspecified atom stereocenters. The molecule has 4 rings (SSSR count). The van der Waals surface area contributed by atoms with Gasteiger partial charge in [-0.3, -0.25) is 0 Å². The summed E-state index contributed by atoms with van der Waals surface area (Å²) in [5, 5.41) is 5.06. The lowest BCUT2D eigenvalue weighted by molar-refractivity contribution is 0.594. The maximum Gasteiger partial charge on any atom is 0.137 e. The Bertz CT molecular complexity index is 948. The Morgan fingerprint density at radius 3 is 2.12 bits per heavy atom. The minimum atomic E-state index is -0.110. The van der Waals surface area contributed by atoms with Crippen molar-refractivity contribution in [1.29, 1.82) is 0 Å². The number of hydrogen-bond acceptors (Lipinski definition) is 2. The number of aromatic nitrogens is 3. The molecule has 0 amide bonds. The van der Waals surface area contributed by atoms with E-state index in [1.54, 1.807) is 12.7 Å². The average molecular weight is 346 g/mol. The minimum Gasteiger partial charge on any atom is -0.241 e. The van der Waals surface area contributed by atoms with E-state index in [4.69, 9.17) is 11.6 Å². The molecule has 0 saturated carbocycles. The first-order valence-electron chi connectivity index (χ1n) is 8.07. The molecular formula is C21H16ClN3. The Hall–Kier alpha value is -2.91. The van der Waals surface area contributed by atoms with Crippen LogP contribution in [0.3, 0.4) is 0 Å². The number of rotatable bonds is 4. The Labute approximate surface area is 151 Å². The second kappa shape index (κ2) is 6.91. The Balaban J connectivity index is 1.77. The zero-order chi connectivity index (χ0) is 17.1. The third-order valence-corrected chi connectivity index (χ3v) is 4.58. The van der Waals surface area contributed by atoms with Gasteiger partial charge in [-0.05, 0) is 28.3 Å². The van der Waals surface area contributed by atoms with Crippen molar-refractivity contribution in [1.82, 2.24) is 14.8 Å². The summed E-state index contributed by atoms with van der Waals surface area (Å²) in [5.74, 6) is 0. The van der Waals surface area contributed by atoms with Crippen LogP contribution in [0.15, 0.2) is 91.5 Å². The number of nitrogens with zero attached hydrogens (tertiary/aromatic N) is 3. The van der Waals surface area contributed by atoms with E-state index in [1.165, 1.54) is 11.1 Å². The third-order valence-electron chi connectivity index (χ3n) is 4.23. The highest BCUT2D eigenvalue weighted by Crippen LogP contribution is 2.32. The average Bonchev–Trinajstić information content (AvgIpc) is 3.19. The van der Waals surface area contributed by atoms with Gasteiger partial charge in [0.2, 0.25) is 0 Å². The number of benzene rings is 3. The van der Waals surface area contributed by atoms with E-state index in [-0.39, 0.29) is 6.04 Å². The van der Waals surface area contributed by atoms with Gasteiger partial charge in [-0.1, -0.05) is 84.4 Å². The summed E-state index contributed by atoms with van der Waals surface area (Å²) in [6, 6.07) is 26.6. The lowest BCUT2D eigenvalue weighted by atomic mass is 9.96. The van der Waals surface area contributed by atoms with Crippen molar-refractivity contribution in [3.05, 3.63) is 108 Å². The highest BCUT2D eigenvalue weighted by molar-refractivity contribution is 6.31. The standard InChI is InChI=1S/C21H16ClN3/c22-20-9-5-4-8-19(20)21(25-15-23-14-24-25)18-12-10-17(11-13-18)16-6-2-1-3-7-16/h1-15,21H. The van der Waals surface area contributed by atoms with E-state index in [1.807, 2.05) is 47.1 Å². The fraction of sp³-hybridized carbons (Fsp3) is 0.0476. The first kappa shape index (κ1) is 15.6. The van der Waals surface area contributed by atoms with Gasteiger partial charge in [0.05, 0.1) is 0 Å². The number of halogens is 1. The van der Waals surface area contributed by atoms with Crippen molar-refractivity contribution >= 4 is 11.6 Å². The first-order chi connectivity index (χ1) is 12.3. The van der Waals surface area contributed by atoms with Gasteiger partial charge >= 0.3 is 0 Å². The summed E-state index contributed by atoms with van der Waals surface area (Å²) in [6.07, 6.45) is 3.27. The maximum atomic E-state index is 6.45. The zero-order valence-electron chi connectivity index (χ0n) is 13.5. The summed E-state index contributed by atoms with van der Waals surface area (Å²) < 4.78 is 1.83. The van der Waals surface area contributed by atoms with Crippen molar-refractivity contribution in [2.24, 2.45) is 0 Å². The zero-order valence-corrected chi connectivity index (χ0v) is 14.2. The van der Waals surface area contributed by atoms with Crippen LogP contribution >= 0.6 is 11.6 Å². The molecule has 4 heteroatoms. The molecule has 1 atom stereocenters. The quantitative estimate of drug-likeness (QED) is 0.506. The van der Waals surface area contributed by atoms with E-state index < -0.39 is 0 Å². The summed E-state index contributed by atoms with van der Waals surface area (Å²) in [6.45, 7) is 0. The molecule has 0 spiro atoms. The molecular weight excluding hydrogens is 330 g/mol. The molecule has 1 heterocycles. The summed E-state index contributed by atoms with van der Waals surface area (Å²) >= 11 is 6.45. The van der Waals surface area contributed by atoms with Crippen molar-refractivity contribution in [2.75, 3.05) is 0 Å². The monoisotopic (exact) mass is 345 g/mol. The normalized spacial score (nSPS) is 12.0. The van der Waals surface area contributed by atoms with Crippen LogP contribution in [0.2, 0.25) is 5.02 Å². The largest absolute Gasteiger partial charge is 0.241 e. The highest BCUT2D eigenvalue weighted by Gasteiger charge is 2.19. The van der Waals surface area contributed by atoms with Crippen molar-refractivity contribution < 1.29 is 0 Å². The van der Waals surface area contributed by atoms with Gasteiger partial charge in [0.25, 0.3) is 0 Å². The summed E-state index contributed by atoms with van der Waals surface area (Å²) in [4.78, 5) is 4.10. The molecule has 0 N–H and O–H groups in total. The van der Waals surface area contributed by atoms with Gasteiger partial charge in [0.15, 0.2) is 0 Å². The van der Waals surface area contributed by atoms with Crippen LogP contribution in [0.1, 0.15) is 17.2 Å². The van der Waals surface area contributed by atoms with Gasteiger partial charge in [-0.25, -0.2) is 9.67 Å². The van der Waals surface area contributed by atoms with E-state index in [0.29, 0.717) is 0 Å². The molecule has 3 aromatic carbocycles. The molecule has 0 aliphatic heterocycles. The van der Waals surface area contributed by atoms with Crippen LogP contribution in [-0.4, -0.2) is 14.8 Å².